The molecule has 4 aliphatic rings. The second kappa shape index (κ2) is 13.8. The zero-order valence-electron chi connectivity index (χ0n) is 24.2. The number of halogens is 2. The third-order valence-corrected chi connectivity index (χ3v) is 10.8. The molecule has 0 aromatic carbocycles. The minimum absolute atomic E-state index is 0.101. The van der Waals surface area contributed by atoms with Crippen LogP contribution in [0.2, 0.25) is 9.36 Å². The van der Waals surface area contributed by atoms with Crippen molar-refractivity contribution in [2.24, 2.45) is 23.7 Å². The van der Waals surface area contributed by atoms with E-state index < -0.39 is 35.1 Å². The smallest absolute Gasteiger partial charge is 0.287 e. The van der Waals surface area contributed by atoms with Crippen molar-refractivity contribution in [1.29, 1.82) is 0 Å². The molecule has 11 nitrogen and oxygen atoms in total. The van der Waals surface area contributed by atoms with E-state index in [4.69, 9.17) is 23.2 Å². The fourth-order valence-electron chi connectivity index (χ4n) is 7.13. The second-order valence-electron chi connectivity index (χ2n) is 11.9. The summed E-state index contributed by atoms with van der Waals surface area (Å²) in [5.74, 6) is -0.720. The van der Waals surface area contributed by atoms with E-state index in [2.05, 4.69) is 21.3 Å². The highest BCUT2D eigenvalue weighted by atomic mass is 35.5. The van der Waals surface area contributed by atoms with Gasteiger partial charge in [0, 0.05) is 25.2 Å². The van der Waals surface area contributed by atoms with Crippen LogP contribution in [-0.2, 0) is 25.7 Å². The molecule has 4 bridgehead atoms. The van der Waals surface area contributed by atoms with Crippen molar-refractivity contribution in [2.75, 3.05) is 11.9 Å². The van der Waals surface area contributed by atoms with Crippen LogP contribution in [0, 0.1) is 23.7 Å². The highest BCUT2D eigenvalue weighted by molar-refractivity contribution is 7.18. The van der Waals surface area contributed by atoms with E-state index in [-0.39, 0.29) is 57.8 Å². The Hall–Kier alpha value is -3.22. The van der Waals surface area contributed by atoms with Gasteiger partial charge in [-0.05, 0) is 87.3 Å². The minimum Gasteiger partial charge on any atom is -0.351 e. The third kappa shape index (κ3) is 7.35. The van der Waals surface area contributed by atoms with Gasteiger partial charge in [0.15, 0.2) is 0 Å². The Labute approximate surface area is 268 Å². The summed E-state index contributed by atoms with van der Waals surface area (Å²) in [7, 11) is 0. The third-order valence-electron chi connectivity index (χ3n) is 8.89. The summed E-state index contributed by atoms with van der Waals surface area (Å²) in [4.78, 5) is 76.8. The van der Waals surface area contributed by atoms with Gasteiger partial charge in [-0.1, -0.05) is 23.2 Å². The number of nitrogens with zero attached hydrogens (tertiary/aromatic N) is 1. The molecule has 236 valence electrons. The number of Topliss-reactive ketones (excluding diaryl/α,β-unsaturated/α-hetero) is 1. The molecule has 4 amide bonds. The molecule has 2 aromatic rings. The molecule has 44 heavy (non-hydrogen) atoms. The molecule has 1 atom stereocenters. The highest BCUT2D eigenvalue weighted by Gasteiger charge is 2.48. The van der Waals surface area contributed by atoms with Crippen molar-refractivity contribution in [3.8, 4) is 0 Å². The lowest BCUT2D eigenvalue weighted by molar-refractivity contribution is -0.138. The van der Waals surface area contributed by atoms with Gasteiger partial charge in [0.25, 0.3) is 17.4 Å². The van der Waals surface area contributed by atoms with Gasteiger partial charge < -0.3 is 25.8 Å². The van der Waals surface area contributed by atoms with Gasteiger partial charge in [-0.2, -0.15) is 0 Å². The zero-order valence-corrected chi connectivity index (χ0v) is 26.5. The van der Waals surface area contributed by atoms with Crippen LogP contribution in [-0.4, -0.2) is 52.6 Å². The number of hydrogen-bond donors (Lipinski definition) is 4. The van der Waals surface area contributed by atoms with Gasteiger partial charge in [-0.25, -0.2) is 0 Å². The number of hydrogen-bond acceptors (Lipinski definition) is 7. The Morgan fingerprint density at radius 1 is 1.05 bits per heavy atom. The van der Waals surface area contributed by atoms with Gasteiger partial charge in [-0.15, -0.1) is 11.3 Å². The first-order valence-electron chi connectivity index (χ1n) is 14.9. The number of aromatic nitrogens is 1. The molecule has 4 N–H and O–H groups in total. The predicted octanol–water partition coefficient (Wildman–Crippen LogP) is 3.38. The Morgan fingerprint density at radius 2 is 1.73 bits per heavy atom. The zero-order chi connectivity index (χ0) is 31.5. The largest absolute Gasteiger partial charge is 0.351 e. The van der Waals surface area contributed by atoms with Gasteiger partial charge in [-0.3, -0.25) is 28.8 Å². The molecule has 0 aliphatic heterocycles. The van der Waals surface area contributed by atoms with Gasteiger partial charge in [0.2, 0.25) is 17.6 Å². The average Bonchev–Trinajstić information content (AvgIpc) is 3.32. The maximum absolute atomic E-state index is 13.3. The Bertz CT molecular complexity index is 1480. The van der Waals surface area contributed by atoms with Gasteiger partial charge in [0.05, 0.1) is 9.90 Å². The van der Waals surface area contributed by atoms with Crippen LogP contribution in [0.1, 0.15) is 61.5 Å². The van der Waals surface area contributed by atoms with E-state index in [0.29, 0.717) is 11.8 Å². The summed E-state index contributed by atoms with van der Waals surface area (Å²) in [5.41, 5.74) is -0.696. The lowest BCUT2D eigenvalue weighted by atomic mass is 9.54. The van der Waals surface area contributed by atoms with E-state index >= 15 is 0 Å². The number of likely N-dealkylation sites (N-methyl/N-ethyl adjacent to an activating group) is 1. The minimum atomic E-state index is -1.28. The molecule has 2 heterocycles. The van der Waals surface area contributed by atoms with E-state index in [1.165, 1.54) is 35.4 Å². The van der Waals surface area contributed by atoms with Crippen LogP contribution in [0.15, 0.2) is 29.2 Å². The normalized spacial score (nSPS) is 23.9. The lowest BCUT2D eigenvalue weighted by Gasteiger charge is -2.54. The van der Waals surface area contributed by atoms with Crippen molar-refractivity contribution >= 4 is 69.6 Å². The maximum Gasteiger partial charge on any atom is 0.287 e. The number of amides is 4. The van der Waals surface area contributed by atoms with Crippen molar-refractivity contribution in [1.82, 2.24) is 20.5 Å². The first kappa shape index (κ1) is 32.2. The molecule has 0 unspecified atom stereocenters. The number of rotatable bonds is 12. The van der Waals surface area contributed by atoms with Crippen molar-refractivity contribution in [3.63, 3.8) is 0 Å². The molecule has 4 fully saturated rings. The fourth-order valence-corrected chi connectivity index (χ4v) is 8.40. The van der Waals surface area contributed by atoms with Gasteiger partial charge in [0.1, 0.15) is 22.6 Å². The second-order valence-corrected chi connectivity index (χ2v) is 14.0. The number of pyridine rings is 1. The van der Waals surface area contributed by atoms with Crippen LogP contribution in [0.5, 0.6) is 0 Å². The number of carbonyl (C=O) groups is 5. The number of anilines is 1. The summed E-state index contributed by atoms with van der Waals surface area (Å²) < 4.78 is 1.42. The molecule has 6 rings (SSSR count). The standard InChI is InChI=1S/C30H35Cl2N5O6S/c1-2-33-28(41)22(38)6-5-20(34-29(42)23-13-19(31)26(32)44-23)27(40)35-21-4-3-7-37(30(21)43)14-24(39)36-25-17-9-15-8-16(11-17)12-18(25)10-15/h3-4,7,13,15-18,20,25H,2,5-6,8-12,14H2,1H3,(H,33,41)(H,34,42)(H,35,40)(H,36,39)/t15?,16?,17?,18?,20-,25?/m0/s1. The molecule has 0 saturated heterocycles. The Morgan fingerprint density at radius 3 is 2.34 bits per heavy atom. The summed E-state index contributed by atoms with van der Waals surface area (Å²) in [6, 6.07) is 3.13. The van der Waals surface area contributed by atoms with Crippen molar-refractivity contribution < 1.29 is 24.0 Å². The highest BCUT2D eigenvalue weighted by Crippen LogP contribution is 2.53. The lowest BCUT2D eigenvalue weighted by Crippen LogP contribution is -2.56. The molecule has 2 aromatic heterocycles. The van der Waals surface area contributed by atoms with Crippen LogP contribution >= 0.6 is 34.5 Å². The van der Waals surface area contributed by atoms with Crippen LogP contribution < -0.4 is 26.8 Å². The summed E-state index contributed by atoms with van der Waals surface area (Å²) in [6.45, 7) is 1.72. The molecule has 0 radical (unpaired) electrons. The fraction of sp³-hybridized carbons (Fsp3) is 0.533. The topological polar surface area (TPSA) is 155 Å². The molecule has 14 heteroatoms. The summed E-state index contributed by atoms with van der Waals surface area (Å²) >= 11 is 12.9. The summed E-state index contributed by atoms with van der Waals surface area (Å²) in [5, 5.41) is 10.8. The van der Waals surface area contributed by atoms with E-state index in [9.17, 15) is 28.8 Å². The SMILES string of the molecule is CCNC(=O)C(=O)CC[C@H](NC(=O)c1cc(Cl)c(Cl)s1)C(=O)Nc1cccn(CC(=O)NC2C3CC4CC(C3)CC2C4)c1=O. The maximum atomic E-state index is 13.3. The first-order valence-corrected chi connectivity index (χ1v) is 16.5. The Kier molecular flexibility index (Phi) is 10.1. The van der Waals surface area contributed by atoms with Crippen LogP contribution in [0.25, 0.3) is 0 Å². The molecule has 4 aliphatic carbocycles. The average molecular weight is 665 g/mol. The number of nitrogens with one attached hydrogen (secondary N) is 4. The molecule has 4 saturated carbocycles. The first-order chi connectivity index (χ1) is 21.0. The Balaban J connectivity index is 1.25. The van der Waals surface area contributed by atoms with Crippen LogP contribution in [0.4, 0.5) is 5.69 Å². The number of ketones is 1. The van der Waals surface area contributed by atoms with E-state index in [1.54, 1.807) is 6.92 Å². The summed E-state index contributed by atoms with van der Waals surface area (Å²) in [6.07, 6.45) is 6.85. The molecular formula is C30H35Cl2N5O6S. The quantitative estimate of drug-likeness (QED) is 0.255. The van der Waals surface area contributed by atoms with E-state index in [1.807, 2.05) is 0 Å². The predicted molar refractivity (Wildman–Crippen MR) is 167 cm³/mol. The van der Waals surface area contributed by atoms with E-state index in [0.717, 1.165) is 48.9 Å². The molecule has 0 spiro atoms. The monoisotopic (exact) mass is 663 g/mol. The van der Waals surface area contributed by atoms with Crippen LogP contribution in [0.3, 0.4) is 0 Å². The number of thiophene rings is 1. The van der Waals surface area contributed by atoms with Gasteiger partial charge >= 0.3 is 0 Å². The van der Waals surface area contributed by atoms with Crippen molar-refractivity contribution in [3.05, 3.63) is 49.0 Å². The molecular weight excluding hydrogens is 629 g/mol. The van der Waals surface area contributed by atoms with Crippen molar-refractivity contribution in [2.45, 2.75) is 70.5 Å². The number of carbonyl (C=O) groups excluding carboxylic acids is 5.